The maximum atomic E-state index is 12.6. The number of amides is 2. The molecule has 138 valence electrons. The van der Waals surface area contributed by atoms with E-state index in [0.717, 1.165) is 12.8 Å². The number of hydrogen-bond acceptors (Lipinski definition) is 6. The zero-order valence-corrected chi connectivity index (χ0v) is 16.5. The lowest BCUT2D eigenvalue weighted by Gasteiger charge is -2.39. The number of piperidine rings is 1. The first-order valence-corrected chi connectivity index (χ1v) is 10.5. The highest BCUT2D eigenvalue weighted by atomic mass is 32.2. The second-order valence-electron chi connectivity index (χ2n) is 6.41. The highest BCUT2D eigenvalue weighted by Crippen LogP contribution is 2.28. The predicted octanol–water partition coefficient (Wildman–Crippen LogP) is 3.67. The fourth-order valence-electron chi connectivity index (χ4n) is 3.19. The van der Waals surface area contributed by atoms with Crippen LogP contribution in [0, 0.1) is 0 Å². The van der Waals surface area contributed by atoms with Crippen LogP contribution in [0.25, 0.3) is 0 Å². The standard InChI is InChI=1S/C18H22N4O2S2/c1-12-7-6-8-13(2)22(12)15(23)11-25-18-21-20-17(26-18)19-16(24)14-9-4-3-5-10-14/h3-5,9-10,12-13H,6-8,11H2,1-2H3,(H,19,20,24)/t12-,13-/m0/s1. The average molecular weight is 391 g/mol. The highest BCUT2D eigenvalue weighted by Gasteiger charge is 2.28. The van der Waals surface area contributed by atoms with E-state index in [1.165, 1.54) is 29.5 Å². The van der Waals surface area contributed by atoms with Crippen LogP contribution in [-0.2, 0) is 4.79 Å². The van der Waals surface area contributed by atoms with Gasteiger partial charge in [0.1, 0.15) is 0 Å². The summed E-state index contributed by atoms with van der Waals surface area (Å²) in [5.74, 6) is 0.265. The van der Waals surface area contributed by atoms with Crippen LogP contribution in [0.3, 0.4) is 0 Å². The van der Waals surface area contributed by atoms with Crippen LogP contribution in [0.4, 0.5) is 5.13 Å². The van der Waals surface area contributed by atoms with Gasteiger partial charge in [0.2, 0.25) is 11.0 Å². The molecule has 26 heavy (non-hydrogen) atoms. The second kappa shape index (κ2) is 8.64. The molecule has 6 nitrogen and oxygen atoms in total. The van der Waals surface area contributed by atoms with Gasteiger partial charge in [-0.2, -0.15) is 0 Å². The normalized spacial score (nSPS) is 20.0. The van der Waals surface area contributed by atoms with Crippen molar-refractivity contribution in [1.82, 2.24) is 15.1 Å². The molecule has 0 spiro atoms. The lowest BCUT2D eigenvalue weighted by molar-refractivity contribution is -0.134. The van der Waals surface area contributed by atoms with E-state index in [4.69, 9.17) is 0 Å². The molecule has 3 rings (SSSR count). The number of anilines is 1. The molecule has 1 aliphatic heterocycles. The first-order valence-electron chi connectivity index (χ1n) is 8.68. The van der Waals surface area contributed by atoms with Gasteiger partial charge in [0.15, 0.2) is 4.34 Å². The molecule has 1 N–H and O–H groups in total. The van der Waals surface area contributed by atoms with Gasteiger partial charge < -0.3 is 4.90 Å². The summed E-state index contributed by atoms with van der Waals surface area (Å²) >= 11 is 2.66. The molecule has 0 bridgehead atoms. The van der Waals surface area contributed by atoms with Crippen molar-refractivity contribution in [3.05, 3.63) is 35.9 Å². The lowest BCUT2D eigenvalue weighted by atomic mass is 9.98. The second-order valence-corrected chi connectivity index (χ2v) is 8.61. The fraction of sp³-hybridized carbons (Fsp3) is 0.444. The maximum Gasteiger partial charge on any atom is 0.257 e. The number of thioether (sulfide) groups is 1. The van der Waals surface area contributed by atoms with Crippen molar-refractivity contribution in [2.24, 2.45) is 0 Å². The van der Waals surface area contributed by atoms with E-state index >= 15 is 0 Å². The van der Waals surface area contributed by atoms with Crippen LogP contribution < -0.4 is 5.32 Å². The summed E-state index contributed by atoms with van der Waals surface area (Å²) in [6.07, 6.45) is 3.31. The topological polar surface area (TPSA) is 75.2 Å². The Bertz CT molecular complexity index is 756. The molecule has 0 radical (unpaired) electrons. The quantitative estimate of drug-likeness (QED) is 0.623. The SMILES string of the molecule is C[C@H]1CCC[C@H](C)N1C(=O)CSc1nnc(NC(=O)c2ccccc2)s1. The summed E-state index contributed by atoms with van der Waals surface area (Å²) in [7, 11) is 0. The maximum absolute atomic E-state index is 12.6. The van der Waals surface area contributed by atoms with Gasteiger partial charge >= 0.3 is 0 Å². The van der Waals surface area contributed by atoms with Crippen molar-refractivity contribution in [3.8, 4) is 0 Å². The Kier molecular flexibility index (Phi) is 6.26. The summed E-state index contributed by atoms with van der Waals surface area (Å²) in [5.41, 5.74) is 0.570. The summed E-state index contributed by atoms with van der Waals surface area (Å²) in [4.78, 5) is 26.7. The van der Waals surface area contributed by atoms with Crippen LogP contribution in [0.2, 0.25) is 0 Å². The van der Waals surface area contributed by atoms with Gasteiger partial charge in [-0.3, -0.25) is 14.9 Å². The highest BCUT2D eigenvalue weighted by molar-refractivity contribution is 8.01. The van der Waals surface area contributed by atoms with Crippen molar-refractivity contribution < 1.29 is 9.59 Å². The number of hydrogen-bond donors (Lipinski definition) is 1. The molecule has 0 unspecified atom stereocenters. The van der Waals surface area contributed by atoms with Gasteiger partial charge in [0.05, 0.1) is 5.75 Å². The summed E-state index contributed by atoms with van der Waals surface area (Å²) in [6, 6.07) is 9.55. The summed E-state index contributed by atoms with van der Waals surface area (Å²) in [6.45, 7) is 4.22. The Morgan fingerprint density at radius 1 is 1.19 bits per heavy atom. The molecule has 1 fully saturated rings. The predicted molar refractivity (Wildman–Crippen MR) is 105 cm³/mol. The molecule has 1 aromatic carbocycles. The van der Waals surface area contributed by atoms with Gasteiger partial charge in [-0.1, -0.05) is 41.3 Å². The Morgan fingerprint density at radius 3 is 2.58 bits per heavy atom. The Balaban J connectivity index is 1.54. The molecule has 1 aromatic heterocycles. The molecule has 1 aliphatic rings. The van der Waals surface area contributed by atoms with Crippen molar-refractivity contribution >= 4 is 40.0 Å². The smallest absolute Gasteiger partial charge is 0.257 e. The molecule has 2 aromatic rings. The Morgan fingerprint density at radius 2 is 1.88 bits per heavy atom. The molecule has 2 atom stereocenters. The van der Waals surface area contributed by atoms with E-state index in [1.54, 1.807) is 12.1 Å². The molecule has 0 aliphatic carbocycles. The zero-order chi connectivity index (χ0) is 18.5. The number of aromatic nitrogens is 2. The van der Waals surface area contributed by atoms with Crippen LogP contribution in [0.5, 0.6) is 0 Å². The van der Waals surface area contributed by atoms with E-state index in [1.807, 2.05) is 23.1 Å². The van der Waals surface area contributed by atoms with Gasteiger partial charge in [-0.15, -0.1) is 10.2 Å². The van der Waals surface area contributed by atoms with Gasteiger partial charge in [-0.05, 0) is 45.2 Å². The monoisotopic (exact) mass is 390 g/mol. The van der Waals surface area contributed by atoms with E-state index < -0.39 is 0 Å². The first kappa shape index (κ1) is 18.8. The third kappa shape index (κ3) is 4.62. The largest absolute Gasteiger partial charge is 0.337 e. The average Bonchev–Trinajstić information content (AvgIpc) is 3.08. The number of nitrogens with zero attached hydrogens (tertiary/aromatic N) is 3. The van der Waals surface area contributed by atoms with Crippen LogP contribution in [0.1, 0.15) is 43.5 Å². The van der Waals surface area contributed by atoms with Gasteiger partial charge in [0.25, 0.3) is 5.91 Å². The summed E-state index contributed by atoms with van der Waals surface area (Å²) < 4.78 is 0.680. The fourth-order valence-corrected chi connectivity index (χ4v) is 4.80. The number of likely N-dealkylation sites (tertiary alicyclic amines) is 1. The summed E-state index contributed by atoms with van der Waals surface area (Å²) in [5, 5.41) is 11.2. The van der Waals surface area contributed by atoms with Gasteiger partial charge in [-0.25, -0.2) is 0 Å². The molecule has 0 saturated carbocycles. The van der Waals surface area contributed by atoms with Crippen molar-refractivity contribution in [1.29, 1.82) is 0 Å². The number of carbonyl (C=O) groups excluding carboxylic acids is 2. The zero-order valence-electron chi connectivity index (χ0n) is 14.8. The van der Waals surface area contributed by atoms with E-state index in [0.29, 0.717) is 32.9 Å². The van der Waals surface area contributed by atoms with Crippen LogP contribution in [-0.4, -0.2) is 44.7 Å². The molecule has 1 saturated heterocycles. The molecule has 2 amide bonds. The van der Waals surface area contributed by atoms with Crippen molar-refractivity contribution in [2.75, 3.05) is 11.1 Å². The number of benzene rings is 1. The van der Waals surface area contributed by atoms with Gasteiger partial charge in [0, 0.05) is 17.6 Å². The van der Waals surface area contributed by atoms with E-state index in [9.17, 15) is 9.59 Å². The Labute approximate surface area is 161 Å². The van der Waals surface area contributed by atoms with Crippen LogP contribution in [0.15, 0.2) is 34.7 Å². The van der Waals surface area contributed by atoms with Crippen molar-refractivity contribution in [3.63, 3.8) is 0 Å². The van der Waals surface area contributed by atoms with Crippen LogP contribution >= 0.6 is 23.1 Å². The van der Waals surface area contributed by atoms with E-state index in [2.05, 4.69) is 29.4 Å². The molecular weight excluding hydrogens is 368 g/mol. The minimum atomic E-state index is -0.217. The molecule has 2 heterocycles. The van der Waals surface area contributed by atoms with Crippen molar-refractivity contribution in [2.45, 2.75) is 49.5 Å². The number of carbonyl (C=O) groups is 2. The molecular formula is C18H22N4O2S2. The minimum Gasteiger partial charge on any atom is -0.337 e. The first-order chi connectivity index (χ1) is 12.5. The Hall–Kier alpha value is -1.93. The third-order valence-corrected chi connectivity index (χ3v) is 6.42. The number of rotatable bonds is 5. The lowest BCUT2D eigenvalue weighted by Crippen LogP contribution is -2.48. The number of nitrogens with one attached hydrogen (secondary N) is 1. The van der Waals surface area contributed by atoms with E-state index in [-0.39, 0.29) is 11.8 Å². The molecule has 8 heteroatoms. The minimum absolute atomic E-state index is 0.139. The third-order valence-electron chi connectivity index (χ3n) is 4.46.